The van der Waals surface area contributed by atoms with Crippen molar-refractivity contribution in [2.24, 2.45) is 5.41 Å². The summed E-state index contributed by atoms with van der Waals surface area (Å²) < 4.78 is 12.8. The number of amides is 2. The second-order valence-corrected chi connectivity index (χ2v) is 4.85. The van der Waals surface area contributed by atoms with Crippen LogP contribution in [-0.4, -0.2) is 25.4 Å². The van der Waals surface area contributed by atoms with Crippen LogP contribution in [0.15, 0.2) is 24.3 Å². The standard InChI is InChI=1S/C13H15FN2O2/c1-13(7-11(17)15-8-13)12(18)16(2)10-5-3-9(14)4-6-10/h3-6H,7-8H2,1-2H3,(H,15,17). The van der Waals surface area contributed by atoms with Crippen LogP contribution in [0.3, 0.4) is 0 Å². The van der Waals surface area contributed by atoms with Gasteiger partial charge in [-0.15, -0.1) is 0 Å². The van der Waals surface area contributed by atoms with Gasteiger partial charge in [-0.05, 0) is 31.2 Å². The van der Waals surface area contributed by atoms with Gasteiger partial charge in [0.15, 0.2) is 0 Å². The van der Waals surface area contributed by atoms with Crippen molar-refractivity contribution >= 4 is 17.5 Å². The maximum Gasteiger partial charge on any atom is 0.234 e. The number of carbonyl (C=O) groups is 2. The SMILES string of the molecule is CN(C(=O)C1(C)CNC(=O)C1)c1ccc(F)cc1. The molecule has 1 aromatic carbocycles. The molecule has 0 saturated carbocycles. The second kappa shape index (κ2) is 4.40. The van der Waals surface area contributed by atoms with Crippen LogP contribution in [0.25, 0.3) is 0 Å². The first kappa shape index (κ1) is 12.5. The molecule has 1 heterocycles. The van der Waals surface area contributed by atoms with Gasteiger partial charge in [0.05, 0.1) is 5.41 Å². The molecule has 1 atom stereocenters. The summed E-state index contributed by atoms with van der Waals surface area (Å²) >= 11 is 0. The van der Waals surface area contributed by atoms with Gasteiger partial charge in [0, 0.05) is 25.7 Å². The average molecular weight is 250 g/mol. The van der Waals surface area contributed by atoms with Crippen LogP contribution >= 0.6 is 0 Å². The lowest BCUT2D eigenvalue weighted by atomic mass is 9.88. The van der Waals surface area contributed by atoms with Crippen molar-refractivity contribution in [2.45, 2.75) is 13.3 Å². The monoisotopic (exact) mass is 250 g/mol. The van der Waals surface area contributed by atoms with Crippen molar-refractivity contribution in [3.63, 3.8) is 0 Å². The van der Waals surface area contributed by atoms with Crippen LogP contribution < -0.4 is 10.2 Å². The van der Waals surface area contributed by atoms with E-state index in [2.05, 4.69) is 5.32 Å². The second-order valence-electron chi connectivity index (χ2n) is 4.85. The Morgan fingerprint density at radius 2 is 2.00 bits per heavy atom. The molecular weight excluding hydrogens is 235 g/mol. The van der Waals surface area contributed by atoms with Gasteiger partial charge in [0.1, 0.15) is 5.82 Å². The fraction of sp³-hybridized carbons (Fsp3) is 0.385. The molecule has 0 aliphatic carbocycles. The number of carbonyl (C=O) groups excluding carboxylic acids is 2. The fourth-order valence-corrected chi connectivity index (χ4v) is 2.11. The zero-order valence-corrected chi connectivity index (χ0v) is 10.4. The normalized spacial score (nSPS) is 22.7. The van der Waals surface area contributed by atoms with E-state index in [4.69, 9.17) is 0 Å². The lowest BCUT2D eigenvalue weighted by Crippen LogP contribution is -2.41. The van der Waals surface area contributed by atoms with Crippen LogP contribution in [0.4, 0.5) is 10.1 Å². The Balaban J connectivity index is 2.18. The van der Waals surface area contributed by atoms with Crippen LogP contribution in [-0.2, 0) is 9.59 Å². The number of anilines is 1. The Hall–Kier alpha value is -1.91. The molecule has 1 N–H and O–H groups in total. The summed E-state index contributed by atoms with van der Waals surface area (Å²) in [6.45, 7) is 2.10. The third-order valence-corrected chi connectivity index (χ3v) is 3.26. The van der Waals surface area contributed by atoms with Crippen LogP contribution in [0, 0.1) is 11.2 Å². The molecule has 4 nitrogen and oxygen atoms in total. The third kappa shape index (κ3) is 2.20. The number of nitrogens with zero attached hydrogens (tertiary/aromatic N) is 1. The maximum absolute atomic E-state index is 12.8. The Morgan fingerprint density at radius 1 is 1.39 bits per heavy atom. The van der Waals surface area contributed by atoms with Gasteiger partial charge in [0.2, 0.25) is 11.8 Å². The Kier molecular flexibility index (Phi) is 3.07. The van der Waals surface area contributed by atoms with Crippen molar-refractivity contribution in [3.05, 3.63) is 30.1 Å². The highest BCUT2D eigenvalue weighted by atomic mass is 19.1. The number of nitrogens with one attached hydrogen (secondary N) is 1. The van der Waals surface area contributed by atoms with Crippen LogP contribution in [0.5, 0.6) is 0 Å². The smallest absolute Gasteiger partial charge is 0.234 e. The molecule has 1 saturated heterocycles. The first-order chi connectivity index (χ1) is 8.42. The van der Waals surface area contributed by atoms with Crippen molar-refractivity contribution < 1.29 is 14.0 Å². The highest BCUT2D eigenvalue weighted by Gasteiger charge is 2.42. The zero-order chi connectivity index (χ0) is 13.3. The first-order valence-corrected chi connectivity index (χ1v) is 5.73. The predicted octanol–water partition coefficient (Wildman–Crippen LogP) is 1.31. The van der Waals surface area contributed by atoms with E-state index < -0.39 is 5.41 Å². The molecule has 5 heteroatoms. The molecule has 1 fully saturated rings. The molecule has 2 amide bonds. The van der Waals surface area contributed by atoms with Gasteiger partial charge < -0.3 is 10.2 Å². The molecule has 96 valence electrons. The number of halogens is 1. The highest BCUT2D eigenvalue weighted by Crippen LogP contribution is 2.29. The van der Waals surface area contributed by atoms with E-state index in [1.54, 1.807) is 26.1 Å². The van der Waals surface area contributed by atoms with E-state index in [-0.39, 0.29) is 24.1 Å². The number of hydrogen-bond donors (Lipinski definition) is 1. The number of benzene rings is 1. The molecule has 0 bridgehead atoms. The molecule has 18 heavy (non-hydrogen) atoms. The minimum atomic E-state index is -0.722. The van der Waals surface area contributed by atoms with Crippen molar-refractivity contribution in [1.82, 2.24) is 5.32 Å². The molecule has 2 rings (SSSR count). The summed E-state index contributed by atoms with van der Waals surface area (Å²) in [6, 6.07) is 5.70. The quantitative estimate of drug-likeness (QED) is 0.860. The van der Waals surface area contributed by atoms with Crippen molar-refractivity contribution in [3.8, 4) is 0 Å². The van der Waals surface area contributed by atoms with Gasteiger partial charge in [0.25, 0.3) is 0 Å². The summed E-state index contributed by atoms with van der Waals surface area (Å²) in [5.74, 6) is -0.602. The number of hydrogen-bond acceptors (Lipinski definition) is 2. The largest absolute Gasteiger partial charge is 0.355 e. The van der Waals surface area contributed by atoms with Gasteiger partial charge in [-0.3, -0.25) is 9.59 Å². The minimum absolute atomic E-state index is 0.113. The Bertz CT molecular complexity index is 486. The van der Waals surface area contributed by atoms with Gasteiger partial charge in [-0.1, -0.05) is 0 Å². The lowest BCUT2D eigenvalue weighted by molar-refractivity contribution is -0.128. The van der Waals surface area contributed by atoms with Gasteiger partial charge in [-0.25, -0.2) is 4.39 Å². The summed E-state index contributed by atoms with van der Waals surface area (Å²) in [6.07, 6.45) is 0.192. The number of rotatable bonds is 2. The molecule has 1 aliphatic heterocycles. The van der Waals surface area contributed by atoms with Gasteiger partial charge >= 0.3 is 0 Å². The van der Waals surface area contributed by atoms with E-state index in [1.165, 1.54) is 17.0 Å². The van der Waals surface area contributed by atoms with Crippen molar-refractivity contribution in [2.75, 3.05) is 18.5 Å². The maximum atomic E-state index is 12.8. The molecular formula is C13H15FN2O2. The molecule has 1 aromatic rings. The summed E-state index contributed by atoms with van der Waals surface area (Å²) in [4.78, 5) is 25.0. The van der Waals surface area contributed by atoms with Crippen LogP contribution in [0.2, 0.25) is 0 Å². The third-order valence-electron chi connectivity index (χ3n) is 3.26. The minimum Gasteiger partial charge on any atom is -0.355 e. The van der Waals surface area contributed by atoms with E-state index >= 15 is 0 Å². The molecule has 0 spiro atoms. The highest BCUT2D eigenvalue weighted by molar-refractivity contribution is 6.01. The Morgan fingerprint density at radius 3 is 2.50 bits per heavy atom. The summed E-state index contributed by atoms with van der Waals surface area (Å²) in [5, 5.41) is 2.66. The average Bonchev–Trinajstić information content (AvgIpc) is 2.70. The topological polar surface area (TPSA) is 49.4 Å². The lowest BCUT2D eigenvalue weighted by Gasteiger charge is -2.27. The van der Waals surface area contributed by atoms with E-state index in [0.717, 1.165) is 0 Å². The van der Waals surface area contributed by atoms with Crippen LogP contribution in [0.1, 0.15) is 13.3 Å². The van der Waals surface area contributed by atoms with Gasteiger partial charge in [-0.2, -0.15) is 0 Å². The summed E-state index contributed by atoms with van der Waals surface area (Å²) in [5.41, 5.74) is -0.109. The molecule has 1 aliphatic rings. The zero-order valence-electron chi connectivity index (χ0n) is 10.4. The molecule has 1 unspecified atom stereocenters. The van der Waals surface area contributed by atoms with E-state index in [9.17, 15) is 14.0 Å². The molecule has 0 radical (unpaired) electrons. The van der Waals surface area contributed by atoms with Crippen molar-refractivity contribution in [1.29, 1.82) is 0 Å². The molecule has 0 aromatic heterocycles. The summed E-state index contributed by atoms with van der Waals surface area (Å²) in [7, 11) is 1.63. The predicted molar refractivity (Wildman–Crippen MR) is 65.5 cm³/mol. The first-order valence-electron chi connectivity index (χ1n) is 5.73. The fourth-order valence-electron chi connectivity index (χ4n) is 2.11. The van der Waals surface area contributed by atoms with E-state index in [0.29, 0.717) is 12.2 Å². The van der Waals surface area contributed by atoms with E-state index in [1.807, 2.05) is 0 Å². The Labute approximate surface area is 105 Å².